The lowest BCUT2D eigenvalue weighted by Crippen LogP contribution is -2.11. The van der Waals surface area contributed by atoms with Crippen LogP contribution in [0.2, 0.25) is 0 Å². The molecule has 1 heterocycles. The van der Waals surface area contributed by atoms with E-state index in [4.69, 9.17) is 19.9 Å². The van der Waals surface area contributed by atoms with E-state index in [0.717, 1.165) is 16.6 Å². The smallest absolute Gasteiger partial charge is 0.219 e. The summed E-state index contributed by atoms with van der Waals surface area (Å²) in [7, 11) is 7.08. The number of aromatic nitrogens is 1. The van der Waals surface area contributed by atoms with Crippen molar-refractivity contribution in [1.82, 2.24) is 4.98 Å². The monoisotopic (exact) mass is 339 g/mol. The number of fused-ring (bicyclic) bond motifs is 1. The van der Waals surface area contributed by atoms with Gasteiger partial charge in [0, 0.05) is 37.7 Å². The number of anilines is 2. The van der Waals surface area contributed by atoms with E-state index in [9.17, 15) is 0 Å². The first-order chi connectivity index (χ1) is 12.0. The number of rotatable bonds is 5. The van der Waals surface area contributed by atoms with E-state index in [1.54, 1.807) is 14.2 Å². The lowest BCUT2D eigenvalue weighted by atomic mass is 10.2. The molecule has 0 amide bonds. The van der Waals surface area contributed by atoms with Gasteiger partial charge in [0.1, 0.15) is 5.75 Å². The average molecular weight is 339 g/mol. The number of pyridine rings is 1. The minimum Gasteiger partial charge on any atom is -0.493 e. The van der Waals surface area contributed by atoms with Crippen LogP contribution in [0.3, 0.4) is 0 Å². The molecule has 0 aliphatic heterocycles. The van der Waals surface area contributed by atoms with Crippen LogP contribution in [0, 0.1) is 0 Å². The van der Waals surface area contributed by atoms with Gasteiger partial charge in [-0.2, -0.15) is 0 Å². The van der Waals surface area contributed by atoms with Gasteiger partial charge in [-0.15, -0.1) is 0 Å². The van der Waals surface area contributed by atoms with Crippen molar-refractivity contribution < 1.29 is 14.2 Å². The lowest BCUT2D eigenvalue weighted by Gasteiger charge is -2.16. The van der Waals surface area contributed by atoms with Gasteiger partial charge >= 0.3 is 0 Å². The van der Waals surface area contributed by atoms with Crippen molar-refractivity contribution in [2.45, 2.75) is 0 Å². The summed E-state index contributed by atoms with van der Waals surface area (Å²) in [4.78, 5) is 6.49. The Labute approximate surface area is 146 Å². The summed E-state index contributed by atoms with van der Waals surface area (Å²) in [6.45, 7) is 0. The van der Waals surface area contributed by atoms with Crippen LogP contribution in [-0.4, -0.2) is 33.3 Å². The second kappa shape index (κ2) is 6.76. The second-order valence-corrected chi connectivity index (χ2v) is 5.77. The van der Waals surface area contributed by atoms with Gasteiger partial charge in [-0.05, 0) is 24.3 Å². The molecule has 6 heteroatoms. The van der Waals surface area contributed by atoms with Crippen LogP contribution in [-0.2, 0) is 0 Å². The molecule has 0 spiro atoms. The van der Waals surface area contributed by atoms with Gasteiger partial charge in [-0.1, -0.05) is 0 Å². The number of nitrogens with zero attached hydrogens (tertiary/aromatic N) is 2. The number of hydrogen-bond donors (Lipinski definition) is 1. The molecule has 0 unspecified atom stereocenters. The van der Waals surface area contributed by atoms with Gasteiger partial charge in [0.2, 0.25) is 5.88 Å². The Kier molecular flexibility index (Phi) is 4.52. The molecule has 0 aliphatic rings. The second-order valence-electron chi connectivity index (χ2n) is 5.77. The fourth-order valence-electron chi connectivity index (χ4n) is 2.58. The summed E-state index contributed by atoms with van der Waals surface area (Å²) in [6, 6.07) is 13.0. The van der Waals surface area contributed by atoms with Crippen LogP contribution in [0.1, 0.15) is 0 Å². The topological polar surface area (TPSA) is 69.8 Å². The molecule has 2 aromatic carbocycles. The standard InChI is InChI=1S/C19H21N3O3/c1-22(2)16-10-13(6-7-14(16)20)25-19-8-5-12-9-17(23-3)18(24-4)11-15(12)21-19/h5-11H,20H2,1-4H3. The number of nitrogens with two attached hydrogens (primary N) is 1. The quantitative estimate of drug-likeness (QED) is 0.715. The number of ether oxygens (including phenoxy) is 3. The number of nitrogen functional groups attached to an aromatic ring is 1. The fraction of sp³-hybridized carbons (Fsp3) is 0.211. The predicted molar refractivity (Wildman–Crippen MR) is 100 cm³/mol. The number of hydrogen-bond acceptors (Lipinski definition) is 6. The summed E-state index contributed by atoms with van der Waals surface area (Å²) in [5.41, 5.74) is 8.33. The molecule has 0 bridgehead atoms. The zero-order valence-corrected chi connectivity index (χ0v) is 14.7. The van der Waals surface area contributed by atoms with Gasteiger partial charge in [-0.25, -0.2) is 4.98 Å². The third kappa shape index (κ3) is 3.38. The minimum atomic E-state index is 0.495. The zero-order valence-electron chi connectivity index (χ0n) is 14.7. The molecular formula is C19H21N3O3. The highest BCUT2D eigenvalue weighted by molar-refractivity contribution is 5.83. The van der Waals surface area contributed by atoms with E-state index in [0.29, 0.717) is 28.8 Å². The van der Waals surface area contributed by atoms with Crippen LogP contribution in [0.15, 0.2) is 42.5 Å². The molecule has 6 nitrogen and oxygen atoms in total. The molecule has 1 aromatic heterocycles. The van der Waals surface area contributed by atoms with Crippen molar-refractivity contribution >= 4 is 22.3 Å². The van der Waals surface area contributed by atoms with Crippen LogP contribution >= 0.6 is 0 Å². The molecule has 0 radical (unpaired) electrons. The minimum absolute atomic E-state index is 0.495. The largest absolute Gasteiger partial charge is 0.493 e. The van der Waals surface area contributed by atoms with Gasteiger partial charge in [0.15, 0.2) is 11.5 Å². The Balaban J connectivity index is 1.95. The Morgan fingerprint density at radius 1 is 0.920 bits per heavy atom. The summed E-state index contributed by atoms with van der Waals surface area (Å²) in [6.07, 6.45) is 0. The average Bonchev–Trinajstić information content (AvgIpc) is 2.61. The predicted octanol–water partition coefficient (Wildman–Crippen LogP) is 3.69. The van der Waals surface area contributed by atoms with Gasteiger partial charge in [0.05, 0.1) is 31.1 Å². The van der Waals surface area contributed by atoms with Crippen molar-refractivity contribution in [1.29, 1.82) is 0 Å². The van der Waals surface area contributed by atoms with E-state index in [1.165, 1.54) is 0 Å². The highest BCUT2D eigenvalue weighted by Crippen LogP contribution is 2.33. The van der Waals surface area contributed by atoms with Crippen LogP contribution in [0.25, 0.3) is 10.9 Å². The van der Waals surface area contributed by atoms with E-state index < -0.39 is 0 Å². The SMILES string of the molecule is COc1cc2ccc(Oc3ccc(N)c(N(C)C)c3)nc2cc1OC. The summed E-state index contributed by atoms with van der Waals surface area (Å²) in [5, 5.41) is 0.941. The van der Waals surface area contributed by atoms with Crippen molar-refractivity contribution in [3.05, 3.63) is 42.5 Å². The van der Waals surface area contributed by atoms with Crippen LogP contribution in [0.5, 0.6) is 23.1 Å². The summed E-state index contributed by atoms with van der Waals surface area (Å²) < 4.78 is 16.5. The van der Waals surface area contributed by atoms with Crippen molar-refractivity contribution in [3.8, 4) is 23.1 Å². The van der Waals surface area contributed by atoms with E-state index in [1.807, 2.05) is 61.5 Å². The maximum absolute atomic E-state index is 5.98. The molecule has 3 aromatic rings. The van der Waals surface area contributed by atoms with Crippen molar-refractivity contribution in [3.63, 3.8) is 0 Å². The third-order valence-corrected chi connectivity index (χ3v) is 3.88. The Morgan fingerprint density at radius 3 is 2.32 bits per heavy atom. The first kappa shape index (κ1) is 16.7. The van der Waals surface area contributed by atoms with Crippen molar-refractivity contribution in [2.24, 2.45) is 0 Å². The Morgan fingerprint density at radius 2 is 1.64 bits per heavy atom. The molecule has 130 valence electrons. The van der Waals surface area contributed by atoms with E-state index >= 15 is 0 Å². The molecule has 25 heavy (non-hydrogen) atoms. The first-order valence-corrected chi connectivity index (χ1v) is 7.79. The fourth-order valence-corrected chi connectivity index (χ4v) is 2.58. The van der Waals surface area contributed by atoms with Gasteiger partial charge in [-0.3, -0.25) is 0 Å². The van der Waals surface area contributed by atoms with Gasteiger partial charge < -0.3 is 24.8 Å². The zero-order chi connectivity index (χ0) is 18.0. The molecule has 0 saturated carbocycles. The Hall–Kier alpha value is -3.15. The maximum Gasteiger partial charge on any atom is 0.219 e. The third-order valence-electron chi connectivity index (χ3n) is 3.88. The Bertz CT molecular complexity index is 910. The molecule has 0 atom stereocenters. The number of methoxy groups -OCH3 is 2. The van der Waals surface area contributed by atoms with E-state index in [2.05, 4.69) is 4.98 Å². The van der Waals surface area contributed by atoms with E-state index in [-0.39, 0.29) is 0 Å². The number of benzene rings is 2. The summed E-state index contributed by atoms with van der Waals surface area (Å²) in [5.74, 6) is 2.46. The highest BCUT2D eigenvalue weighted by Gasteiger charge is 2.09. The molecule has 0 fully saturated rings. The first-order valence-electron chi connectivity index (χ1n) is 7.79. The highest BCUT2D eigenvalue weighted by atomic mass is 16.5. The summed E-state index contributed by atoms with van der Waals surface area (Å²) >= 11 is 0. The molecule has 2 N–H and O–H groups in total. The van der Waals surface area contributed by atoms with Crippen LogP contribution in [0.4, 0.5) is 11.4 Å². The normalized spacial score (nSPS) is 10.6. The van der Waals surface area contributed by atoms with Crippen LogP contribution < -0.4 is 24.8 Å². The van der Waals surface area contributed by atoms with Gasteiger partial charge in [0.25, 0.3) is 0 Å². The molecule has 3 rings (SSSR count). The lowest BCUT2D eigenvalue weighted by molar-refractivity contribution is 0.355. The molecular weight excluding hydrogens is 318 g/mol. The molecule has 0 aliphatic carbocycles. The maximum atomic E-state index is 5.98. The molecule has 0 saturated heterocycles. The van der Waals surface area contributed by atoms with Crippen molar-refractivity contribution in [2.75, 3.05) is 38.9 Å².